The van der Waals surface area contributed by atoms with E-state index in [2.05, 4.69) is 10.6 Å². The smallest absolute Gasteiger partial charge is 0.323 e. The number of nitrogens with zero attached hydrogens (tertiary/aromatic N) is 1. The Morgan fingerprint density at radius 1 is 1.14 bits per heavy atom. The van der Waals surface area contributed by atoms with Crippen LogP contribution in [0.1, 0.15) is 5.56 Å². The normalized spacial score (nSPS) is 9.95. The van der Waals surface area contributed by atoms with Crippen molar-refractivity contribution in [2.75, 3.05) is 10.6 Å². The van der Waals surface area contributed by atoms with Crippen LogP contribution in [0.5, 0.6) is 5.75 Å². The predicted molar refractivity (Wildman–Crippen MR) is 78.6 cm³/mol. The van der Waals surface area contributed by atoms with E-state index in [0.29, 0.717) is 5.69 Å². The Hall–Kier alpha value is -3.09. The minimum atomic E-state index is -0.679. The third kappa shape index (κ3) is 3.47. The van der Waals surface area contributed by atoms with Crippen LogP contribution in [0.25, 0.3) is 0 Å². The number of hydrogen-bond acceptors (Lipinski definition) is 4. The number of para-hydroxylation sites is 1. The number of rotatable bonds is 3. The van der Waals surface area contributed by atoms with Crippen LogP contribution in [0.3, 0.4) is 0 Å². The molecule has 0 aliphatic rings. The number of nitro benzene ring substituents is 1. The summed E-state index contributed by atoms with van der Waals surface area (Å²) in [7, 11) is 0. The number of urea groups is 1. The highest BCUT2D eigenvalue weighted by Gasteiger charge is 2.19. The third-order valence-corrected chi connectivity index (χ3v) is 2.77. The lowest BCUT2D eigenvalue weighted by atomic mass is 10.2. The van der Waals surface area contributed by atoms with Crippen molar-refractivity contribution >= 4 is 23.1 Å². The molecular weight excluding hydrogens is 274 g/mol. The molecule has 0 heterocycles. The Morgan fingerprint density at radius 3 is 2.43 bits per heavy atom. The number of hydrogen-bond donors (Lipinski definition) is 3. The number of benzene rings is 2. The van der Waals surface area contributed by atoms with Crippen LogP contribution in [-0.4, -0.2) is 16.1 Å². The van der Waals surface area contributed by atoms with Crippen molar-refractivity contribution in [3.05, 3.63) is 58.1 Å². The minimum absolute atomic E-state index is 0.243. The first-order chi connectivity index (χ1) is 9.97. The van der Waals surface area contributed by atoms with Gasteiger partial charge in [-0.2, -0.15) is 0 Å². The first kappa shape index (κ1) is 14.3. The average molecular weight is 287 g/mol. The van der Waals surface area contributed by atoms with E-state index in [-0.39, 0.29) is 17.1 Å². The Morgan fingerprint density at radius 2 is 1.81 bits per heavy atom. The van der Waals surface area contributed by atoms with Gasteiger partial charge in [0.2, 0.25) is 0 Å². The van der Waals surface area contributed by atoms with Gasteiger partial charge < -0.3 is 10.4 Å². The Bertz CT molecular complexity index is 683. The van der Waals surface area contributed by atoms with E-state index in [9.17, 15) is 20.0 Å². The lowest BCUT2D eigenvalue weighted by Gasteiger charge is -2.09. The fraction of sp³-hybridized carbons (Fsp3) is 0.0714. The number of nitro groups is 1. The second-order valence-electron chi connectivity index (χ2n) is 4.37. The molecule has 0 saturated carbocycles. The maximum Gasteiger partial charge on any atom is 0.323 e. The SMILES string of the molecule is Cc1ccc(NC(=O)Nc2c(O)cccc2[N+](=O)[O-])cc1. The molecule has 2 rings (SSSR count). The van der Waals surface area contributed by atoms with Crippen molar-refractivity contribution in [2.45, 2.75) is 6.92 Å². The summed E-state index contributed by atoms with van der Waals surface area (Å²) < 4.78 is 0. The standard InChI is InChI=1S/C14H13N3O4/c1-9-5-7-10(8-6-9)15-14(19)16-13-11(17(20)21)3-2-4-12(13)18/h2-8,18H,1H3,(H2,15,16,19). The van der Waals surface area contributed by atoms with Crippen LogP contribution >= 0.6 is 0 Å². The second kappa shape index (κ2) is 5.91. The van der Waals surface area contributed by atoms with Gasteiger partial charge in [-0.25, -0.2) is 4.79 Å². The first-order valence-corrected chi connectivity index (χ1v) is 6.08. The van der Waals surface area contributed by atoms with Crippen LogP contribution in [0, 0.1) is 17.0 Å². The van der Waals surface area contributed by atoms with Gasteiger partial charge in [-0.05, 0) is 25.1 Å². The zero-order valence-electron chi connectivity index (χ0n) is 11.2. The highest BCUT2D eigenvalue weighted by molar-refractivity contribution is 6.02. The fourth-order valence-electron chi connectivity index (χ4n) is 1.72. The summed E-state index contributed by atoms with van der Waals surface area (Å²) in [4.78, 5) is 22.0. The Kier molecular flexibility index (Phi) is 4.03. The van der Waals surface area contributed by atoms with Gasteiger partial charge in [0.25, 0.3) is 5.69 Å². The number of phenols is 1. The number of anilines is 2. The Labute approximate surface area is 120 Å². The van der Waals surface area contributed by atoms with Gasteiger partial charge in [0.1, 0.15) is 5.75 Å². The van der Waals surface area contributed by atoms with E-state index in [1.54, 1.807) is 12.1 Å². The lowest BCUT2D eigenvalue weighted by Crippen LogP contribution is -2.20. The van der Waals surface area contributed by atoms with Crippen molar-refractivity contribution in [3.8, 4) is 5.75 Å². The van der Waals surface area contributed by atoms with Crippen molar-refractivity contribution in [2.24, 2.45) is 0 Å². The minimum Gasteiger partial charge on any atom is -0.505 e. The second-order valence-corrected chi connectivity index (χ2v) is 4.37. The van der Waals surface area contributed by atoms with E-state index < -0.39 is 11.0 Å². The molecule has 7 nitrogen and oxygen atoms in total. The number of phenolic OH excluding ortho intramolecular Hbond substituents is 1. The van der Waals surface area contributed by atoms with Crippen molar-refractivity contribution in [1.82, 2.24) is 0 Å². The highest BCUT2D eigenvalue weighted by atomic mass is 16.6. The largest absolute Gasteiger partial charge is 0.505 e. The van der Waals surface area contributed by atoms with Crippen molar-refractivity contribution in [3.63, 3.8) is 0 Å². The van der Waals surface area contributed by atoms with Gasteiger partial charge in [-0.3, -0.25) is 15.4 Å². The quantitative estimate of drug-likeness (QED) is 0.457. The predicted octanol–water partition coefficient (Wildman–Crippen LogP) is 3.25. The summed E-state index contributed by atoms with van der Waals surface area (Å²) in [5.74, 6) is -0.372. The molecule has 7 heteroatoms. The number of aryl methyl sites for hydroxylation is 1. The van der Waals surface area contributed by atoms with Gasteiger partial charge in [0.15, 0.2) is 5.69 Å². The van der Waals surface area contributed by atoms with Crippen molar-refractivity contribution < 1.29 is 14.8 Å². The van der Waals surface area contributed by atoms with Crippen LogP contribution < -0.4 is 10.6 Å². The number of aromatic hydroxyl groups is 1. The number of amides is 2. The molecule has 0 unspecified atom stereocenters. The molecule has 2 aromatic carbocycles. The highest BCUT2D eigenvalue weighted by Crippen LogP contribution is 2.33. The topological polar surface area (TPSA) is 104 Å². The molecule has 0 aliphatic carbocycles. The zero-order chi connectivity index (χ0) is 15.4. The van der Waals surface area contributed by atoms with Crippen LogP contribution in [0.4, 0.5) is 21.9 Å². The molecule has 0 aliphatic heterocycles. The van der Waals surface area contributed by atoms with E-state index in [1.807, 2.05) is 19.1 Å². The summed E-state index contributed by atoms with van der Waals surface area (Å²) in [6.45, 7) is 1.91. The fourth-order valence-corrected chi connectivity index (χ4v) is 1.72. The summed E-state index contributed by atoms with van der Waals surface area (Å²) in [6.07, 6.45) is 0. The summed E-state index contributed by atoms with van der Waals surface area (Å²) in [5.41, 5.74) is 0.953. The first-order valence-electron chi connectivity index (χ1n) is 6.08. The van der Waals surface area contributed by atoms with Gasteiger partial charge >= 0.3 is 6.03 Å². The molecule has 0 atom stereocenters. The monoisotopic (exact) mass is 287 g/mol. The molecule has 2 amide bonds. The number of carbonyl (C=O) groups excluding carboxylic acids is 1. The van der Waals surface area contributed by atoms with Crippen LogP contribution in [-0.2, 0) is 0 Å². The van der Waals surface area contributed by atoms with E-state index in [1.165, 1.54) is 18.2 Å². The van der Waals surface area contributed by atoms with E-state index >= 15 is 0 Å². The van der Waals surface area contributed by atoms with Gasteiger partial charge in [-0.15, -0.1) is 0 Å². The summed E-state index contributed by atoms with van der Waals surface area (Å²) in [6, 6.07) is 10.1. The molecule has 108 valence electrons. The summed E-state index contributed by atoms with van der Waals surface area (Å²) >= 11 is 0. The van der Waals surface area contributed by atoms with E-state index in [4.69, 9.17) is 0 Å². The Balaban J connectivity index is 2.16. The van der Waals surface area contributed by atoms with Gasteiger partial charge in [0.05, 0.1) is 4.92 Å². The molecule has 2 aromatic rings. The molecule has 0 aromatic heterocycles. The lowest BCUT2D eigenvalue weighted by molar-refractivity contribution is -0.384. The maximum atomic E-state index is 11.8. The summed E-state index contributed by atoms with van der Waals surface area (Å²) in [5, 5.41) is 25.3. The molecule has 0 radical (unpaired) electrons. The maximum absolute atomic E-state index is 11.8. The zero-order valence-corrected chi connectivity index (χ0v) is 11.2. The number of nitrogens with one attached hydrogen (secondary N) is 2. The molecule has 0 bridgehead atoms. The molecule has 3 N–H and O–H groups in total. The van der Waals surface area contributed by atoms with Gasteiger partial charge in [0, 0.05) is 11.8 Å². The molecule has 21 heavy (non-hydrogen) atoms. The van der Waals surface area contributed by atoms with E-state index in [0.717, 1.165) is 5.56 Å². The van der Waals surface area contributed by atoms with Crippen LogP contribution in [0.2, 0.25) is 0 Å². The molecule has 0 saturated heterocycles. The van der Waals surface area contributed by atoms with Crippen molar-refractivity contribution in [1.29, 1.82) is 0 Å². The molecule has 0 spiro atoms. The molecule has 0 fully saturated rings. The number of carbonyl (C=O) groups is 1. The average Bonchev–Trinajstić information content (AvgIpc) is 2.43. The van der Waals surface area contributed by atoms with Crippen LogP contribution in [0.15, 0.2) is 42.5 Å². The third-order valence-electron chi connectivity index (χ3n) is 2.77. The van der Waals surface area contributed by atoms with Gasteiger partial charge in [-0.1, -0.05) is 23.8 Å². The molecular formula is C14H13N3O4.